The van der Waals surface area contributed by atoms with Gasteiger partial charge in [0, 0.05) is 30.0 Å². The highest BCUT2D eigenvalue weighted by Gasteiger charge is 2.14. The van der Waals surface area contributed by atoms with Crippen LogP contribution >= 0.6 is 11.6 Å². The summed E-state index contributed by atoms with van der Waals surface area (Å²) in [6.07, 6.45) is 0.433. The van der Waals surface area contributed by atoms with Crippen molar-refractivity contribution in [3.05, 3.63) is 35.2 Å². The maximum atomic E-state index is 11.6. The van der Waals surface area contributed by atoms with E-state index in [-0.39, 0.29) is 25.3 Å². The Balaban J connectivity index is 1.84. The molecule has 0 aliphatic carbocycles. The molecule has 1 aromatic carbocycles. The summed E-state index contributed by atoms with van der Waals surface area (Å²) in [5.41, 5.74) is 0.768. The molecular formula is C15H16ClN3O4. The van der Waals surface area contributed by atoms with Crippen LogP contribution in [0.1, 0.15) is 19.2 Å². The van der Waals surface area contributed by atoms with Crippen LogP contribution in [0.3, 0.4) is 0 Å². The van der Waals surface area contributed by atoms with E-state index in [2.05, 4.69) is 15.5 Å². The third-order valence-corrected chi connectivity index (χ3v) is 3.42. The van der Waals surface area contributed by atoms with Gasteiger partial charge in [0.05, 0.1) is 5.92 Å². The number of nitrogens with zero attached hydrogens (tertiary/aromatic N) is 2. The van der Waals surface area contributed by atoms with Crippen molar-refractivity contribution in [3.8, 4) is 11.4 Å². The normalized spacial score (nSPS) is 11.9. The second-order valence-corrected chi connectivity index (χ2v) is 5.50. The fraction of sp³-hybridized carbons (Fsp3) is 0.333. The molecule has 1 heterocycles. The Morgan fingerprint density at radius 2 is 2.04 bits per heavy atom. The molecule has 1 aromatic heterocycles. The number of carbonyl (C=O) groups is 2. The molecule has 8 heteroatoms. The molecule has 0 fully saturated rings. The Bertz CT molecular complexity index is 684. The zero-order valence-corrected chi connectivity index (χ0v) is 13.2. The summed E-state index contributed by atoms with van der Waals surface area (Å²) >= 11 is 5.81. The van der Waals surface area contributed by atoms with Gasteiger partial charge < -0.3 is 14.9 Å². The predicted molar refractivity (Wildman–Crippen MR) is 82.9 cm³/mol. The number of carboxylic acids is 1. The molecule has 1 unspecified atom stereocenters. The lowest BCUT2D eigenvalue weighted by Crippen LogP contribution is -2.31. The third kappa shape index (κ3) is 5.07. The van der Waals surface area contributed by atoms with Crippen LogP contribution in [0.15, 0.2) is 28.8 Å². The summed E-state index contributed by atoms with van der Waals surface area (Å²) in [6.45, 7) is 1.62. The van der Waals surface area contributed by atoms with Gasteiger partial charge in [0.2, 0.25) is 17.6 Å². The van der Waals surface area contributed by atoms with E-state index in [1.54, 1.807) is 24.3 Å². The summed E-state index contributed by atoms with van der Waals surface area (Å²) in [7, 11) is 0. The molecule has 0 aliphatic rings. The van der Waals surface area contributed by atoms with Crippen LogP contribution in [-0.2, 0) is 16.0 Å². The quantitative estimate of drug-likeness (QED) is 0.802. The van der Waals surface area contributed by atoms with Crippen molar-refractivity contribution in [2.75, 3.05) is 6.54 Å². The fourth-order valence-electron chi connectivity index (χ4n) is 1.74. The zero-order chi connectivity index (χ0) is 16.8. The number of carbonyl (C=O) groups excluding carboxylic acids is 1. The molecule has 0 spiro atoms. The van der Waals surface area contributed by atoms with Gasteiger partial charge in [0.15, 0.2) is 0 Å². The molecule has 0 radical (unpaired) electrons. The first kappa shape index (κ1) is 17.0. The number of aromatic nitrogens is 2. The molecule has 0 saturated carbocycles. The van der Waals surface area contributed by atoms with Crippen LogP contribution in [0.5, 0.6) is 0 Å². The van der Waals surface area contributed by atoms with E-state index >= 15 is 0 Å². The summed E-state index contributed by atoms with van der Waals surface area (Å²) < 4.78 is 5.10. The van der Waals surface area contributed by atoms with Crippen molar-refractivity contribution < 1.29 is 19.2 Å². The first-order valence-electron chi connectivity index (χ1n) is 7.03. The van der Waals surface area contributed by atoms with Crippen molar-refractivity contribution >= 4 is 23.5 Å². The van der Waals surface area contributed by atoms with E-state index in [4.69, 9.17) is 21.2 Å². The van der Waals surface area contributed by atoms with E-state index in [1.165, 1.54) is 6.92 Å². The molecule has 2 rings (SSSR count). The van der Waals surface area contributed by atoms with Crippen molar-refractivity contribution in [1.29, 1.82) is 0 Å². The number of amides is 1. The smallest absolute Gasteiger partial charge is 0.308 e. The molecule has 0 bridgehead atoms. The van der Waals surface area contributed by atoms with Crippen LogP contribution in [0, 0.1) is 5.92 Å². The maximum absolute atomic E-state index is 11.6. The van der Waals surface area contributed by atoms with Crippen LogP contribution < -0.4 is 5.32 Å². The average molecular weight is 338 g/mol. The number of aryl methyl sites for hydroxylation is 1. The molecule has 7 nitrogen and oxygen atoms in total. The highest BCUT2D eigenvalue weighted by molar-refractivity contribution is 6.30. The summed E-state index contributed by atoms with van der Waals surface area (Å²) in [6, 6.07) is 7.00. The molecule has 2 aromatic rings. The highest BCUT2D eigenvalue weighted by atomic mass is 35.5. The molecular weight excluding hydrogens is 322 g/mol. The number of carboxylic acid groups (broad SMARTS) is 1. The van der Waals surface area contributed by atoms with Gasteiger partial charge in [-0.1, -0.05) is 23.7 Å². The number of nitrogens with one attached hydrogen (secondary N) is 1. The van der Waals surface area contributed by atoms with Gasteiger partial charge in [-0.25, -0.2) is 0 Å². The fourth-order valence-corrected chi connectivity index (χ4v) is 1.86. The maximum Gasteiger partial charge on any atom is 0.308 e. The number of benzene rings is 1. The minimum Gasteiger partial charge on any atom is -0.481 e. The first-order chi connectivity index (χ1) is 11.0. The van der Waals surface area contributed by atoms with Gasteiger partial charge in [0.25, 0.3) is 0 Å². The van der Waals surface area contributed by atoms with E-state index < -0.39 is 11.9 Å². The lowest BCUT2D eigenvalue weighted by molar-refractivity contribution is -0.141. The monoisotopic (exact) mass is 337 g/mol. The number of aliphatic carboxylic acids is 1. The van der Waals surface area contributed by atoms with Crippen LogP contribution in [0.2, 0.25) is 5.02 Å². The standard InChI is InChI=1S/C15H16ClN3O4/c1-9(15(21)22)8-17-12(20)6-7-13-18-14(19-23-13)10-2-4-11(16)5-3-10/h2-5,9H,6-8H2,1H3,(H,17,20)(H,21,22). The van der Waals surface area contributed by atoms with E-state index in [1.807, 2.05) is 0 Å². The van der Waals surface area contributed by atoms with Crippen LogP contribution in [0.4, 0.5) is 0 Å². The molecule has 0 aliphatic heterocycles. The second kappa shape index (κ2) is 7.73. The van der Waals surface area contributed by atoms with Crippen LogP contribution in [-0.4, -0.2) is 33.7 Å². The van der Waals surface area contributed by atoms with E-state index in [0.29, 0.717) is 16.7 Å². The molecule has 1 amide bonds. The van der Waals surface area contributed by atoms with E-state index in [0.717, 1.165) is 5.56 Å². The SMILES string of the molecule is CC(CNC(=O)CCc1nc(-c2ccc(Cl)cc2)no1)C(=O)O. The molecule has 2 N–H and O–H groups in total. The Hall–Kier alpha value is -2.41. The largest absolute Gasteiger partial charge is 0.481 e. The predicted octanol–water partition coefficient (Wildman–Crippen LogP) is 2.16. The van der Waals surface area contributed by atoms with Crippen molar-refractivity contribution in [3.63, 3.8) is 0 Å². The lowest BCUT2D eigenvalue weighted by atomic mass is 10.2. The first-order valence-corrected chi connectivity index (χ1v) is 7.41. The van der Waals surface area contributed by atoms with Gasteiger partial charge in [-0.15, -0.1) is 0 Å². The molecule has 1 atom stereocenters. The topological polar surface area (TPSA) is 105 Å². The van der Waals surface area contributed by atoms with Crippen molar-refractivity contribution in [2.24, 2.45) is 5.92 Å². The Morgan fingerprint density at radius 3 is 2.70 bits per heavy atom. The summed E-state index contributed by atoms with van der Waals surface area (Å²) in [5, 5.41) is 15.8. The minimum absolute atomic E-state index is 0.0913. The minimum atomic E-state index is -0.949. The van der Waals surface area contributed by atoms with Gasteiger partial charge >= 0.3 is 5.97 Å². The lowest BCUT2D eigenvalue weighted by Gasteiger charge is -2.07. The Kier molecular flexibility index (Phi) is 5.70. The number of hydrogen-bond donors (Lipinski definition) is 2. The molecule has 0 saturated heterocycles. The third-order valence-electron chi connectivity index (χ3n) is 3.16. The second-order valence-electron chi connectivity index (χ2n) is 5.06. The van der Waals surface area contributed by atoms with Gasteiger partial charge in [-0.3, -0.25) is 9.59 Å². The molecule has 23 heavy (non-hydrogen) atoms. The Labute approximate surface area is 137 Å². The number of halogens is 1. The zero-order valence-electron chi connectivity index (χ0n) is 12.5. The van der Waals surface area contributed by atoms with Crippen molar-refractivity contribution in [2.45, 2.75) is 19.8 Å². The summed E-state index contributed by atoms with van der Waals surface area (Å²) in [4.78, 5) is 26.5. The van der Waals surface area contributed by atoms with Gasteiger partial charge in [-0.2, -0.15) is 4.98 Å². The average Bonchev–Trinajstić information content (AvgIpc) is 3.00. The molecule has 122 valence electrons. The summed E-state index contributed by atoms with van der Waals surface area (Å²) in [5.74, 6) is -1.06. The van der Waals surface area contributed by atoms with Gasteiger partial charge in [-0.05, 0) is 24.3 Å². The van der Waals surface area contributed by atoms with E-state index in [9.17, 15) is 9.59 Å². The van der Waals surface area contributed by atoms with Gasteiger partial charge in [0.1, 0.15) is 0 Å². The van der Waals surface area contributed by atoms with Crippen molar-refractivity contribution in [1.82, 2.24) is 15.5 Å². The Morgan fingerprint density at radius 1 is 1.35 bits per heavy atom. The highest BCUT2D eigenvalue weighted by Crippen LogP contribution is 2.18. The number of rotatable bonds is 7. The van der Waals surface area contributed by atoms with Crippen LogP contribution in [0.25, 0.3) is 11.4 Å². The number of hydrogen-bond acceptors (Lipinski definition) is 5.